The van der Waals surface area contributed by atoms with E-state index in [1.807, 2.05) is 25.2 Å². The summed E-state index contributed by atoms with van der Waals surface area (Å²) < 4.78 is 8.04. The molecule has 35 heavy (non-hydrogen) atoms. The van der Waals surface area contributed by atoms with E-state index in [1.165, 1.54) is 22.9 Å². The normalized spacial score (nSPS) is 12.8. The minimum absolute atomic E-state index is 0.501. The maximum atomic E-state index is 6.43. The van der Waals surface area contributed by atoms with Crippen LogP contribution in [0.3, 0.4) is 0 Å². The quantitative estimate of drug-likeness (QED) is 0.369. The average molecular weight is 472 g/mol. The van der Waals surface area contributed by atoms with Crippen LogP contribution in [0.25, 0.3) is 22.2 Å². The number of nitrogens with one attached hydrogen (secondary N) is 1. The lowest BCUT2D eigenvalue weighted by molar-refractivity contribution is 0.413. The van der Waals surface area contributed by atoms with Gasteiger partial charge in [0.2, 0.25) is 5.95 Å². The number of ether oxygens (including phenoxy) is 1. The molecule has 0 radical (unpaired) electrons. The third-order valence-electron chi connectivity index (χ3n) is 6.65. The standard InChI is InChI=1S/C27H33N7O/c1-32(2)13-14-33(3)24-16-25(35-4)23(15-21(24)28)31-27-29-11-10-22(30-27)20-17-34-12-6-8-18-7-5-9-19(20)26(18)34/h5,7,9-11,15-17H,6,8,12-14,28H2,1-4H3,(H,29,30,31). The Kier molecular flexibility index (Phi) is 6.21. The fourth-order valence-corrected chi connectivity index (χ4v) is 4.80. The van der Waals surface area contributed by atoms with Crippen molar-refractivity contribution in [1.29, 1.82) is 0 Å². The van der Waals surface area contributed by atoms with Crippen LogP contribution in [0.15, 0.2) is 48.8 Å². The van der Waals surface area contributed by atoms with E-state index in [4.69, 9.17) is 15.5 Å². The molecule has 0 bridgehead atoms. The van der Waals surface area contributed by atoms with Gasteiger partial charge in [-0.1, -0.05) is 18.2 Å². The van der Waals surface area contributed by atoms with E-state index in [9.17, 15) is 0 Å². The van der Waals surface area contributed by atoms with Crippen molar-refractivity contribution in [3.63, 3.8) is 0 Å². The summed E-state index contributed by atoms with van der Waals surface area (Å²) in [5, 5.41) is 4.56. The Morgan fingerprint density at radius 3 is 2.80 bits per heavy atom. The summed E-state index contributed by atoms with van der Waals surface area (Å²) >= 11 is 0. The molecule has 0 atom stereocenters. The molecule has 8 nitrogen and oxygen atoms in total. The van der Waals surface area contributed by atoms with E-state index in [-0.39, 0.29) is 0 Å². The number of nitrogen functional groups attached to an aromatic ring is 1. The van der Waals surface area contributed by atoms with E-state index in [2.05, 4.69) is 63.2 Å². The SMILES string of the molecule is COc1cc(N(C)CCN(C)C)c(N)cc1Nc1nccc(-c2cn3c4c(cccc24)CCC3)n1. The zero-order chi connectivity index (χ0) is 24.5. The van der Waals surface area contributed by atoms with Gasteiger partial charge in [-0.15, -0.1) is 0 Å². The van der Waals surface area contributed by atoms with Crippen LogP contribution in [0.4, 0.5) is 23.0 Å². The van der Waals surface area contributed by atoms with Gasteiger partial charge < -0.3 is 30.2 Å². The molecule has 5 rings (SSSR count). The van der Waals surface area contributed by atoms with Crippen LogP contribution in [0.1, 0.15) is 12.0 Å². The van der Waals surface area contributed by atoms with Crippen LogP contribution < -0.4 is 20.7 Å². The van der Waals surface area contributed by atoms with Crippen molar-refractivity contribution < 1.29 is 4.74 Å². The van der Waals surface area contributed by atoms with Gasteiger partial charge in [-0.05, 0) is 44.6 Å². The highest BCUT2D eigenvalue weighted by Crippen LogP contribution is 2.37. The topological polar surface area (TPSA) is 84.5 Å². The number of anilines is 4. The summed E-state index contributed by atoms with van der Waals surface area (Å²) in [6.45, 7) is 2.82. The van der Waals surface area contributed by atoms with Crippen molar-refractivity contribution in [1.82, 2.24) is 19.4 Å². The van der Waals surface area contributed by atoms with Gasteiger partial charge in [-0.25, -0.2) is 9.97 Å². The molecule has 0 amide bonds. The molecule has 0 aliphatic carbocycles. The second-order valence-corrected chi connectivity index (χ2v) is 9.38. The monoisotopic (exact) mass is 471 g/mol. The molecule has 182 valence electrons. The predicted octanol–water partition coefficient (Wildman–Crippen LogP) is 4.38. The second kappa shape index (κ2) is 9.46. The first-order chi connectivity index (χ1) is 16.9. The van der Waals surface area contributed by atoms with E-state index in [0.717, 1.165) is 48.7 Å². The van der Waals surface area contributed by atoms with Crippen LogP contribution in [0, 0.1) is 0 Å². The van der Waals surface area contributed by atoms with Crippen molar-refractivity contribution >= 4 is 33.9 Å². The van der Waals surface area contributed by atoms with Gasteiger partial charge in [0.05, 0.1) is 35.4 Å². The predicted molar refractivity (Wildman–Crippen MR) is 144 cm³/mol. The number of aromatic nitrogens is 3. The lowest BCUT2D eigenvalue weighted by Gasteiger charge is -2.24. The minimum Gasteiger partial charge on any atom is -0.494 e. The van der Waals surface area contributed by atoms with E-state index in [1.54, 1.807) is 13.3 Å². The van der Waals surface area contributed by atoms with Crippen molar-refractivity contribution in [3.8, 4) is 17.0 Å². The van der Waals surface area contributed by atoms with Crippen LogP contribution in [-0.4, -0.2) is 60.8 Å². The lowest BCUT2D eigenvalue weighted by atomic mass is 10.0. The molecule has 0 saturated heterocycles. The number of benzene rings is 2. The minimum atomic E-state index is 0.501. The maximum Gasteiger partial charge on any atom is 0.227 e. The molecule has 0 saturated carbocycles. The number of hydrogen-bond acceptors (Lipinski definition) is 7. The van der Waals surface area contributed by atoms with Crippen LogP contribution in [0.5, 0.6) is 5.75 Å². The number of nitrogens with zero attached hydrogens (tertiary/aromatic N) is 5. The molecule has 4 aromatic rings. The molecule has 2 aromatic carbocycles. The maximum absolute atomic E-state index is 6.43. The average Bonchev–Trinajstić information content (AvgIpc) is 3.24. The number of aryl methyl sites for hydroxylation is 2. The van der Waals surface area contributed by atoms with Crippen LogP contribution in [0.2, 0.25) is 0 Å². The molecule has 0 unspecified atom stereocenters. The molecule has 1 aliphatic rings. The van der Waals surface area contributed by atoms with Gasteiger partial charge in [-0.2, -0.15) is 0 Å². The van der Waals surface area contributed by atoms with Gasteiger partial charge in [0.15, 0.2) is 0 Å². The molecule has 2 aromatic heterocycles. The molecule has 8 heteroatoms. The Morgan fingerprint density at radius 2 is 2.00 bits per heavy atom. The first-order valence-electron chi connectivity index (χ1n) is 12.0. The van der Waals surface area contributed by atoms with Gasteiger partial charge in [0.1, 0.15) is 5.75 Å². The summed E-state index contributed by atoms with van der Waals surface area (Å²) in [4.78, 5) is 13.6. The summed E-state index contributed by atoms with van der Waals surface area (Å²) in [5.74, 6) is 1.19. The number of nitrogens with two attached hydrogens (primary N) is 1. The number of likely N-dealkylation sites (N-methyl/N-ethyl adjacent to an activating group) is 2. The van der Waals surface area contributed by atoms with E-state index in [0.29, 0.717) is 17.4 Å². The van der Waals surface area contributed by atoms with Gasteiger partial charge in [0, 0.05) is 56.1 Å². The van der Waals surface area contributed by atoms with E-state index < -0.39 is 0 Å². The van der Waals surface area contributed by atoms with Gasteiger partial charge in [0.25, 0.3) is 0 Å². The molecule has 3 N–H and O–H groups in total. The third kappa shape index (κ3) is 4.49. The Labute approximate surface area is 206 Å². The Hall–Kier alpha value is -3.78. The molecular formula is C27H33N7O. The Bertz CT molecular complexity index is 1360. The summed E-state index contributed by atoms with van der Waals surface area (Å²) in [6.07, 6.45) is 6.30. The first kappa shape index (κ1) is 23.0. The lowest BCUT2D eigenvalue weighted by Crippen LogP contribution is -2.29. The van der Waals surface area contributed by atoms with Gasteiger partial charge >= 0.3 is 0 Å². The second-order valence-electron chi connectivity index (χ2n) is 9.38. The van der Waals surface area contributed by atoms with Crippen molar-refractivity contribution in [2.75, 3.05) is 57.3 Å². The number of methoxy groups -OCH3 is 1. The summed E-state index contributed by atoms with van der Waals surface area (Å²) in [6, 6.07) is 12.4. The molecule has 3 heterocycles. The molecule has 0 spiro atoms. The van der Waals surface area contributed by atoms with Crippen LogP contribution >= 0.6 is 0 Å². The first-order valence-corrected chi connectivity index (χ1v) is 12.0. The molecule has 1 aliphatic heterocycles. The molecular weight excluding hydrogens is 438 g/mol. The highest BCUT2D eigenvalue weighted by atomic mass is 16.5. The summed E-state index contributed by atoms with van der Waals surface area (Å²) in [7, 11) is 7.81. The summed E-state index contributed by atoms with van der Waals surface area (Å²) in [5.41, 5.74) is 13.5. The largest absolute Gasteiger partial charge is 0.494 e. The Balaban J connectivity index is 1.45. The Morgan fingerprint density at radius 1 is 1.14 bits per heavy atom. The highest BCUT2D eigenvalue weighted by molar-refractivity contribution is 5.97. The van der Waals surface area contributed by atoms with Crippen molar-refractivity contribution in [3.05, 3.63) is 54.4 Å². The number of hydrogen-bond donors (Lipinski definition) is 2. The third-order valence-corrected chi connectivity index (χ3v) is 6.65. The zero-order valence-corrected chi connectivity index (χ0v) is 20.9. The fourth-order valence-electron chi connectivity index (χ4n) is 4.80. The van der Waals surface area contributed by atoms with Crippen molar-refractivity contribution in [2.24, 2.45) is 0 Å². The molecule has 0 fully saturated rings. The van der Waals surface area contributed by atoms with E-state index >= 15 is 0 Å². The highest BCUT2D eigenvalue weighted by Gasteiger charge is 2.18. The van der Waals surface area contributed by atoms with Gasteiger partial charge in [-0.3, -0.25) is 0 Å². The fraction of sp³-hybridized carbons (Fsp3) is 0.333. The zero-order valence-electron chi connectivity index (χ0n) is 20.9. The number of para-hydroxylation sites is 1. The number of rotatable bonds is 8. The van der Waals surface area contributed by atoms with Crippen LogP contribution in [-0.2, 0) is 13.0 Å². The smallest absolute Gasteiger partial charge is 0.227 e. The van der Waals surface area contributed by atoms with Crippen molar-refractivity contribution in [2.45, 2.75) is 19.4 Å².